The summed E-state index contributed by atoms with van der Waals surface area (Å²) in [7, 11) is 1.72. The maximum Gasteiger partial charge on any atom is 0.141 e. The van der Waals surface area contributed by atoms with Gasteiger partial charge >= 0.3 is 0 Å². The fourth-order valence-electron chi connectivity index (χ4n) is 4.98. The third kappa shape index (κ3) is 3.85. The molecule has 5 rings (SSSR count). The molecule has 3 aromatic rings. The van der Waals surface area contributed by atoms with E-state index in [-0.39, 0.29) is 0 Å². The topological polar surface area (TPSA) is 117 Å². The highest BCUT2D eigenvalue weighted by Gasteiger charge is 2.45. The van der Waals surface area contributed by atoms with Crippen molar-refractivity contribution >= 4 is 18.2 Å². The lowest BCUT2D eigenvalue weighted by Crippen LogP contribution is -2.34. The fraction of sp³-hybridized carbons (Fsp3) is 0.400. The zero-order valence-electron chi connectivity index (χ0n) is 19.3. The molecule has 178 valence electrons. The van der Waals surface area contributed by atoms with Crippen molar-refractivity contribution in [2.75, 3.05) is 13.6 Å². The van der Waals surface area contributed by atoms with Crippen LogP contribution in [0.25, 0.3) is 11.1 Å². The highest BCUT2D eigenvalue weighted by molar-refractivity contribution is 6.02. The summed E-state index contributed by atoms with van der Waals surface area (Å²) in [6.07, 6.45) is 3.77. The van der Waals surface area contributed by atoms with E-state index in [1.54, 1.807) is 19.5 Å². The number of rotatable bonds is 6. The molecule has 2 aliphatic rings. The van der Waals surface area contributed by atoms with E-state index >= 15 is 0 Å². The molecule has 1 aliphatic heterocycles. The van der Waals surface area contributed by atoms with E-state index in [1.807, 2.05) is 29.8 Å². The molecule has 0 radical (unpaired) electrons. The number of ether oxygens (including phenoxy) is 1. The minimum absolute atomic E-state index is 0.408. The molecule has 1 aliphatic carbocycles. The summed E-state index contributed by atoms with van der Waals surface area (Å²) in [6, 6.07) is 5.59. The highest BCUT2D eigenvalue weighted by atomic mass is 16.5. The van der Waals surface area contributed by atoms with Crippen molar-refractivity contribution in [1.82, 2.24) is 15.0 Å². The van der Waals surface area contributed by atoms with Gasteiger partial charge in [0.1, 0.15) is 36.1 Å². The van der Waals surface area contributed by atoms with Crippen LogP contribution in [0.2, 0.25) is 0 Å². The van der Waals surface area contributed by atoms with Crippen molar-refractivity contribution in [3.05, 3.63) is 53.5 Å². The average Bonchev–Trinajstić information content (AvgIpc) is 3.60. The molecule has 1 fully saturated rings. The van der Waals surface area contributed by atoms with Crippen molar-refractivity contribution in [1.29, 1.82) is 0 Å². The maximum absolute atomic E-state index is 11.0. The number of benzene rings is 1. The molecule has 0 bridgehead atoms. The predicted octanol–water partition coefficient (Wildman–Crippen LogP) is 2.67. The molecule has 9 heteroatoms. The van der Waals surface area contributed by atoms with E-state index in [9.17, 15) is 10.2 Å². The van der Waals surface area contributed by atoms with Crippen molar-refractivity contribution in [2.24, 2.45) is 9.98 Å². The number of hydrogen-bond donors (Lipinski definition) is 3. The molecule has 0 amide bonds. The lowest BCUT2D eigenvalue weighted by molar-refractivity contribution is -0.0167. The lowest BCUT2D eigenvalue weighted by atomic mass is 9.95. The summed E-state index contributed by atoms with van der Waals surface area (Å²) in [5, 5.41) is 29.1. The van der Waals surface area contributed by atoms with Gasteiger partial charge < -0.3 is 29.4 Å². The number of aliphatic hydroxyl groups excluding tert-OH is 2. The molecule has 4 atom stereocenters. The average molecular weight is 464 g/mol. The molecule has 4 unspecified atom stereocenters. The third-order valence-corrected chi connectivity index (χ3v) is 6.94. The normalized spacial score (nSPS) is 24.8. The predicted molar refractivity (Wildman–Crippen MR) is 129 cm³/mol. The monoisotopic (exact) mass is 463 g/mol. The Morgan fingerprint density at radius 2 is 2.15 bits per heavy atom. The summed E-state index contributed by atoms with van der Waals surface area (Å²) >= 11 is 0. The second-order valence-electron chi connectivity index (χ2n) is 8.82. The Labute approximate surface area is 197 Å². The second kappa shape index (κ2) is 9.17. The molecule has 3 N–H and O–H groups in total. The summed E-state index contributed by atoms with van der Waals surface area (Å²) in [5.74, 6) is 1.32. The molecule has 1 aromatic carbocycles. The van der Waals surface area contributed by atoms with Crippen LogP contribution < -0.4 is 10.1 Å². The zero-order chi connectivity index (χ0) is 23.8. The van der Waals surface area contributed by atoms with Gasteiger partial charge in [0.15, 0.2) is 0 Å². The van der Waals surface area contributed by atoms with E-state index < -0.39 is 24.4 Å². The van der Waals surface area contributed by atoms with Gasteiger partial charge in [0.2, 0.25) is 0 Å². The Hall–Kier alpha value is -3.27. The Morgan fingerprint density at radius 1 is 1.29 bits per heavy atom. The van der Waals surface area contributed by atoms with Crippen LogP contribution in [0, 0.1) is 0 Å². The fourth-order valence-corrected chi connectivity index (χ4v) is 4.98. The van der Waals surface area contributed by atoms with Crippen LogP contribution in [-0.4, -0.2) is 64.3 Å². The van der Waals surface area contributed by atoms with Crippen LogP contribution in [0.4, 0.5) is 5.82 Å². The van der Waals surface area contributed by atoms with Gasteiger partial charge in [0, 0.05) is 48.6 Å². The van der Waals surface area contributed by atoms with E-state index in [2.05, 4.69) is 33.2 Å². The van der Waals surface area contributed by atoms with E-state index in [0.717, 1.165) is 40.9 Å². The molecular formula is C25H29N5O4. The van der Waals surface area contributed by atoms with Crippen LogP contribution >= 0.6 is 0 Å². The number of nitrogens with one attached hydrogen (secondary N) is 1. The number of aromatic nitrogens is 2. The smallest absolute Gasteiger partial charge is 0.141 e. The number of aliphatic hydroxyl groups is 2. The summed E-state index contributed by atoms with van der Waals surface area (Å²) in [4.78, 5) is 8.43. The van der Waals surface area contributed by atoms with Crippen molar-refractivity contribution in [3.63, 3.8) is 0 Å². The lowest BCUT2D eigenvalue weighted by Gasteiger charge is -2.25. The van der Waals surface area contributed by atoms with Crippen molar-refractivity contribution < 1.29 is 19.5 Å². The molecule has 0 saturated heterocycles. The quantitative estimate of drug-likeness (QED) is 0.484. The van der Waals surface area contributed by atoms with Crippen molar-refractivity contribution in [2.45, 2.75) is 50.7 Å². The number of hydrogen-bond acceptors (Lipinski definition) is 8. The van der Waals surface area contributed by atoms with Gasteiger partial charge in [-0.1, -0.05) is 11.2 Å². The second-order valence-corrected chi connectivity index (χ2v) is 8.82. The number of nitrogens with zero attached hydrogens (tertiary/aromatic N) is 4. The molecule has 0 spiro atoms. The van der Waals surface area contributed by atoms with Crippen LogP contribution in [0.1, 0.15) is 36.1 Å². The van der Waals surface area contributed by atoms with Gasteiger partial charge in [-0.3, -0.25) is 4.99 Å². The maximum atomic E-state index is 11.0. The van der Waals surface area contributed by atoms with Gasteiger partial charge in [-0.05, 0) is 49.9 Å². The Balaban J connectivity index is 1.46. The molecule has 2 aromatic heterocycles. The molecular weight excluding hydrogens is 434 g/mol. The summed E-state index contributed by atoms with van der Waals surface area (Å²) in [5.41, 5.74) is 5.76. The van der Waals surface area contributed by atoms with Gasteiger partial charge in [-0.25, -0.2) is 4.99 Å². The molecule has 3 heterocycles. The van der Waals surface area contributed by atoms with E-state index in [4.69, 9.17) is 9.26 Å². The standard InChI is InChI=1S/C25H29N5O4/c1-14(26-2)18-5-7-30(25(18)27-3)20-10-22(24(32)23(20)31)34-21-9-16(17-11-29-33-13-17)8-15-4-6-28-12-19(15)21/h5,7-9,11,13,20,22-24,28,31-32H,3-4,6,10,12H2,1-2H3. The van der Waals surface area contributed by atoms with Gasteiger partial charge in [-0.2, -0.15) is 0 Å². The zero-order valence-corrected chi connectivity index (χ0v) is 19.3. The van der Waals surface area contributed by atoms with Crippen LogP contribution in [0.5, 0.6) is 5.75 Å². The third-order valence-electron chi connectivity index (χ3n) is 6.94. The van der Waals surface area contributed by atoms with Crippen LogP contribution in [0.3, 0.4) is 0 Å². The van der Waals surface area contributed by atoms with E-state index in [0.29, 0.717) is 24.5 Å². The van der Waals surface area contributed by atoms with Gasteiger partial charge in [0.05, 0.1) is 12.2 Å². The number of fused-ring (bicyclic) bond motifs is 1. The van der Waals surface area contributed by atoms with Crippen molar-refractivity contribution in [3.8, 4) is 16.9 Å². The SMILES string of the molecule is C=Nc1c(C(C)=NC)ccn1C1CC(Oc2cc(-c3cnoc3)cc3c2CNCC3)C(O)C1O. The Kier molecular flexibility index (Phi) is 6.07. The first kappa shape index (κ1) is 22.5. The molecule has 34 heavy (non-hydrogen) atoms. The number of aliphatic imine (C=N–C) groups is 2. The minimum atomic E-state index is -1.05. The Morgan fingerprint density at radius 3 is 2.88 bits per heavy atom. The first-order valence-corrected chi connectivity index (χ1v) is 11.4. The Bertz CT molecular complexity index is 1220. The van der Waals surface area contributed by atoms with Gasteiger partial charge in [-0.15, -0.1) is 0 Å². The molecule has 1 saturated carbocycles. The van der Waals surface area contributed by atoms with Crippen LogP contribution in [0.15, 0.2) is 51.4 Å². The van der Waals surface area contributed by atoms with Gasteiger partial charge in [0.25, 0.3) is 0 Å². The minimum Gasteiger partial charge on any atom is -0.487 e. The first-order valence-electron chi connectivity index (χ1n) is 11.4. The summed E-state index contributed by atoms with van der Waals surface area (Å²) < 4.78 is 13.3. The first-order chi connectivity index (χ1) is 16.5. The highest BCUT2D eigenvalue weighted by Crippen LogP contribution is 2.40. The van der Waals surface area contributed by atoms with E-state index in [1.165, 1.54) is 5.56 Å². The largest absolute Gasteiger partial charge is 0.487 e. The summed E-state index contributed by atoms with van der Waals surface area (Å²) in [6.45, 7) is 7.18. The van der Waals surface area contributed by atoms with Crippen LogP contribution in [-0.2, 0) is 13.0 Å². The molecule has 9 nitrogen and oxygen atoms in total.